The lowest BCUT2D eigenvalue weighted by Gasteiger charge is -2.11. The normalized spacial score (nSPS) is 11.4. The van der Waals surface area contributed by atoms with Gasteiger partial charge in [-0.3, -0.25) is 4.79 Å². The average Bonchev–Trinajstić information content (AvgIpc) is 2.97. The van der Waals surface area contributed by atoms with E-state index in [1.165, 1.54) is 95.0 Å². The van der Waals surface area contributed by atoms with E-state index in [1.54, 1.807) is 10.8 Å². The second-order valence-electron chi connectivity index (χ2n) is 11.0. The highest BCUT2D eigenvalue weighted by Gasteiger charge is 1.98. The second kappa shape index (κ2) is 39.9. The van der Waals surface area contributed by atoms with Gasteiger partial charge in [0.15, 0.2) is 0 Å². The number of ether oxygens (including phenoxy) is 1. The molecule has 1 N–H and O–H groups in total. The van der Waals surface area contributed by atoms with E-state index in [9.17, 15) is 4.79 Å². The van der Waals surface area contributed by atoms with Crippen LogP contribution in [0.5, 0.6) is 0 Å². The van der Waals surface area contributed by atoms with Gasteiger partial charge in [-0.15, -0.1) is 0 Å². The maximum absolute atomic E-state index is 10.3. The van der Waals surface area contributed by atoms with Crippen LogP contribution in [0.3, 0.4) is 0 Å². The summed E-state index contributed by atoms with van der Waals surface area (Å²) in [5, 5.41) is 8.47. The maximum Gasteiger partial charge on any atom is 0.303 e. The van der Waals surface area contributed by atoms with E-state index in [0.717, 1.165) is 56.1 Å². The summed E-state index contributed by atoms with van der Waals surface area (Å²) in [6.07, 6.45) is 30.4. The fourth-order valence-corrected chi connectivity index (χ4v) is 7.91. The van der Waals surface area contributed by atoms with Crippen LogP contribution in [0.15, 0.2) is 36.6 Å². The lowest BCUT2D eigenvalue weighted by Crippen LogP contribution is -2.13. The van der Waals surface area contributed by atoms with Crippen molar-refractivity contribution in [3.8, 4) is 0 Å². The summed E-state index contributed by atoms with van der Waals surface area (Å²) in [6.45, 7) is 10.5. The van der Waals surface area contributed by atoms with E-state index in [2.05, 4.69) is 63.7 Å². The predicted octanol–water partition coefficient (Wildman–Crippen LogP) is 12.1. The Balaban J connectivity index is 0. The lowest BCUT2D eigenvalue weighted by atomic mass is 10.1. The van der Waals surface area contributed by atoms with Crippen LogP contribution in [0.2, 0.25) is 0 Å². The molecule has 4 nitrogen and oxygen atoms in total. The van der Waals surface area contributed by atoms with Crippen molar-refractivity contribution in [2.45, 2.75) is 129 Å². The van der Waals surface area contributed by atoms with E-state index < -0.39 is 5.97 Å². The molecule has 0 spiro atoms. The van der Waals surface area contributed by atoms with Gasteiger partial charge in [0.1, 0.15) is 0 Å². The molecule has 0 aromatic rings. The number of hydrogen-bond donors (Lipinski definition) is 1. The smallest absolute Gasteiger partial charge is 0.303 e. The van der Waals surface area contributed by atoms with Gasteiger partial charge in [0.05, 0.1) is 12.4 Å². The third-order valence-electron chi connectivity index (χ3n) is 6.29. The molecule has 0 bridgehead atoms. The summed E-state index contributed by atoms with van der Waals surface area (Å²) in [4.78, 5) is 12.5. The van der Waals surface area contributed by atoms with E-state index >= 15 is 0 Å². The molecule has 0 radical (unpaired) electrons. The summed E-state index contributed by atoms with van der Waals surface area (Å²) in [5.74, 6) is 4.75. The molecule has 0 aliphatic carbocycles. The van der Waals surface area contributed by atoms with Crippen LogP contribution in [-0.4, -0.2) is 66.2 Å². The number of hydrogen-bond acceptors (Lipinski definition) is 7. The predicted molar refractivity (Wildman–Crippen MR) is 204 cm³/mol. The summed E-state index contributed by atoms with van der Waals surface area (Å²) in [6, 6.07) is 0. The maximum atomic E-state index is 10.3. The molecule has 43 heavy (non-hydrogen) atoms. The van der Waals surface area contributed by atoms with Crippen LogP contribution in [0.4, 0.5) is 0 Å². The number of allylic oxidation sites excluding steroid dienone is 5. The molecular formula is C35H67NO3S4. The molecule has 0 fully saturated rings. The Kier molecular flexibility index (Phi) is 41.7. The topological polar surface area (TPSA) is 49.8 Å². The quantitative estimate of drug-likeness (QED) is 0.0327. The van der Waals surface area contributed by atoms with Crippen molar-refractivity contribution < 1.29 is 14.6 Å². The van der Waals surface area contributed by atoms with Gasteiger partial charge in [0.25, 0.3) is 0 Å². The standard InChI is InChI=1S/C21H41NOS2.C14H26O2S2/c1-5-6-7-8-9-10-11-14-19-24-25-20-15-16-21(2)23-18-13-12-17-22(3)4;1-2-3-4-5-6-7-8-9-12-17-18-13-10-11-14(15)16/h10-11H,2,5-9,12-20H2,1,3-4H3;7-8H,2-6,9-13H2,1H3,(H,15,16)/b11-10-;8-7-. The highest BCUT2D eigenvalue weighted by Crippen LogP contribution is 2.24. The summed E-state index contributed by atoms with van der Waals surface area (Å²) < 4.78 is 5.69. The summed E-state index contributed by atoms with van der Waals surface area (Å²) in [5.41, 5.74) is 0. The van der Waals surface area contributed by atoms with Crippen LogP contribution in [-0.2, 0) is 9.53 Å². The lowest BCUT2D eigenvalue weighted by molar-refractivity contribution is -0.137. The van der Waals surface area contributed by atoms with Gasteiger partial charge in [0.2, 0.25) is 0 Å². The monoisotopic (exact) mass is 677 g/mol. The number of aliphatic carboxylic acids is 1. The van der Waals surface area contributed by atoms with Crippen molar-refractivity contribution in [2.24, 2.45) is 0 Å². The van der Waals surface area contributed by atoms with E-state index in [4.69, 9.17) is 9.84 Å². The minimum absolute atomic E-state index is 0.297. The highest BCUT2D eigenvalue weighted by molar-refractivity contribution is 8.77. The molecule has 0 aromatic carbocycles. The van der Waals surface area contributed by atoms with Crippen molar-refractivity contribution in [3.05, 3.63) is 36.6 Å². The first-order chi connectivity index (χ1) is 20.9. The molecule has 0 unspecified atom stereocenters. The number of nitrogens with zero attached hydrogens (tertiary/aromatic N) is 1. The van der Waals surface area contributed by atoms with E-state index in [-0.39, 0.29) is 0 Å². The van der Waals surface area contributed by atoms with Crippen LogP contribution < -0.4 is 0 Å². The molecule has 0 aromatic heterocycles. The molecule has 254 valence electrons. The summed E-state index contributed by atoms with van der Waals surface area (Å²) in [7, 11) is 11.8. The molecule has 0 saturated carbocycles. The van der Waals surface area contributed by atoms with Crippen molar-refractivity contribution in [1.82, 2.24) is 4.90 Å². The Morgan fingerprint density at radius 3 is 1.63 bits per heavy atom. The largest absolute Gasteiger partial charge is 0.499 e. The van der Waals surface area contributed by atoms with Crippen molar-refractivity contribution in [3.63, 3.8) is 0 Å². The van der Waals surface area contributed by atoms with E-state index in [0.29, 0.717) is 6.42 Å². The van der Waals surface area contributed by atoms with Crippen LogP contribution in [0.1, 0.15) is 129 Å². The molecule has 0 aliphatic heterocycles. The fourth-order valence-electron chi connectivity index (χ4n) is 3.75. The first kappa shape index (κ1) is 45.0. The molecule has 0 amide bonds. The fraction of sp³-hybridized carbons (Fsp3) is 0.800. The Labute approximate surface area is 283 Å². The highest BCUT2D eigenvalue weighted by atomic mass is 33.1. The Bertz CT molecular complexity index is 645. The minimum atomic E-state index is -0.688. The molecule has 0 heterocycles. The number of carbonyl (C=O) groups is 1. The third-order valence-corrected chi connectivity index (χ3v) is 11.3. The molecule has 0 saturated heterocycles. The Hall–Kier alpha value is -0.150. The van der Waals surface area contributed by atoms with Gasteiger partial charge >= 0.3 is 5.97 Å². The molecule has 0 rings (SSSR count). The SMILES string of the molecule is C=C(CCCSSCC/C=C\CCCCCC)OCCCCN(C)C.CCCCCC/C=C\CCSSCCCC(=O)O. The van der Waals surface area contributed by atoms with Crippen molar-refractivity contribution in [1.29, 1.82) is 0 Å². The zero-order valence-electron chi connectivity index (χ0n) is 28.3. The van der Waals surface area contributed by atoms with Gasteiger partial charge in [-0.25, -0.2) is 0 Å². The molecule has 0 atom stereocenters. The van der Waals surface area contributed by atoms with Gasteiger partial charge < -0.3 is 14.7 Å². The average molecular weight is 678 g/mol. The zero-order chi connectivity index (χ0) is 32.1. The van der Waals surface area contributed by atoms with Crippen LogP contribution in [0.25, 0.3) is 0 Å². The minimum Gasteiger partial charge on any atom is -0.499 e. The van der Waals surface area contributed by atoms with Gasteiger partial charge in [-0.05, 0) is 84.8 Å². The molecule has 0 aliphatic rings. The number of unbranched alkanes of at least 4 members (excludes halogenated alkanes) is 9. The number of carboxylic acids is 1. The van der Waals surface area contributed by atoms with Crippen LogP contribution >= 0.6 is 43.2 Å². The second-order valence-corrected chi connectivity index (χ2v) is 16.4. The van der Waals surface area contributed by atoms with Gasteiger partial charge in [-0.1, -0.05) is 126 Å². The number of carboxylic acid groups (broad SMARTS) is 1. The Morgan fingerprint density at radius 2 is 1.14 bits per heavy atom. The van der Waals surface area contributed by atoms with Crippen molar-refractivity contribution in [2.75, 3.05) is 50.3 Å². The zero-order valence-corrected chi connectivity index (χ0v) is 31.6. The number of rotatable bonds is 32. The molecular weight excluding hydrogens is 611 g/mol. The summed E-state index contributed by atoms with van der Waals surface area (Å²) >= 11 is 0. The third kappa shape index (κ3) is 46.4. The van der Waals surface area contributed by atoms with Gasteiger partial charge in [0, 0.05) is 35.9 Å². The van der Waals surface area contributed by atoms with Gasteiger partial charge in [-0.2, -0.15) is 0 Å². The first-order valence-electron chi connectivity index (χ1n) is 16.9. The Morgan fingerprint density at radius 1 is 0.651 bits per heavy atom. The molecule has 8 heteroatoms. The van der Waals surface area contributed by atoms with Crippen LogP contribution in [0, 0.1) is 0 Å². The van der Waals surface area contributed by atoms with Crippen molar-refractivity contribution >= 4 is 49.1 Å². The van der Waals surface area contributed by atoms with E-state index in [1.807, 2.05) is 32.4 Å². The first-order valence-corrected chi connectivity index (χ1v) is 21.9.